The van der Waals surface area contributed by atoms with Crippen LogP contribution in [-0.4, -0.2) is 44.3 Å². The van der Waals surface area contributed by atoms with Gasteiger partial charge in [0.2, 0.25) is 0 Å². The molecule has 108 valence electrons. The second kappa shape index (κ2) is 6.78. The monoisotopic (exact) mass is 266 g/mol. The molecule has 0 aliphatic carbocycles. The maximum atomic E-state index is 9.71. The average Bonchev–Trinajstić information content (AvgIpc) is 2.27. The number of benzene rings is 1. The fourth-order valence-electron chi connectivity index (χ4n) is 2.30. The molecule has 19 heavy (non-hydrogen) atoms. The number of nitrogens with one attached hydrogen (secondary N) is 1. The first-order valence-corrected chi connectivity index (χ1v) is 6.55. The molecule has 4 heteroatoms. The quantitative estimate of drug-likeness (QED) is 0.793. The van der Waals surface area contributed by atoms with Crippen LogP contribution in [0.15, 0.2) is 18.2 Å². The van der Waals surface area contributed by atoms with E-state index in [0.717, 1.165) is 25.2 Å². The van der Waals surface area contributed by atoms with Crippen LogP contribution in [-0.2, 0) is 6.54 Å². The molecule has 0 radical (unpaired) electrons. The van der Waals surface area contributed by atoms with Gasteiger partial charge in [-0.05, 0) is 37.2 Å². The lowest BCUT2D eigenvalue weighted by Crippen LogP contribution is -2.37. The van der Waals surface area contributed by atoms with Crippen LogP contribution in [0.2, 0.25) is 0 Å². The van der Waals surface area contributed by atoms with Gasteiger partial charge in [0.25, 0.3) is 0 Å². The molecular weight excluding hydrogens is 240 g/mol. The second-order valence-corrected chi connectivity index (χ2v) is 6.01. The Morgan fingerprint density at radius 1 is 1.32 bits per heavy atom. The van der Waals surface area contributed by atoms with Gasteiger partial charge in [-0.25, -0.2) is 0 Å². The fraction of sp³-hybridized carbons (Fsp3) is 0.600. The SMILES string of the molecule is COc1ccc(CNCC(C)(C)CN(C)C)cc1O. The van der Waals surface area contributed by atoms with Gasteiger partial charge in [0, 0.05) is 19.6 Å². The van der Waals surface area contributed by atoms with E-state index >= 15 is 0 Å². The van der Waals surface area contributed by atoms with E-state index in [4.69, 9.17) is 4.74 Å². The number of methoxy groups -OCH3 is 1. The molecule has 1 aromatic carbocycles. The summed E-state index contributed by atoms with van der Waals surface area (Å²) in [4.78, 5) is 2.20. The van der Waals surface area contributed by atoms with Crippen molar-refractivity contribution in [3.05, 3.63) is 23.8 Å². The number of hydrogen-bond donors (Lipinski definition) is 2. The van der Waals surface area contributed by atoms with Crippen molar-refractivity contribution in [3.63, 3.8) is 0 Å². The lowest BCUT2D eigenvalue weighted by Gasteiger charge is -2.28. The predicted octanol–water partition coefficient (Wildman–Crippen LogP) is 2.08. The minimum Gasteiger partial charge on any atom is -0.504 e. The third-order valence-corrected chi connectivity index (χ3v) is 2.92. The zero-order valence-electron chi connectivity index (χ0n) is 12.7. The highest BCUT2D eigenvalue weighted by Gasteiger charge is 2.18. The van der Waals surface area contributed by atoms with E-state index in [2.05, 4.69) is 38.2 Å². The number of phenolic OH excluding ortho intramolecular Hbond substituents is 1. The van der Waals surface area contributed by atoms with Gasteiger partial charge in [-0.1, -0.05) is 19.9 Å². The Bertz CT molecular complexity index is 403. The third-order valence-electron chi connectivity index (χ3n) is 2.92. The molecule has 4 nitrogen and oxygen atoms in total. The minimum absolute atomic E-state index is 0.189. The minimum atomic E-state index is 0.189. The van der Waals surface area contributed by atoms with E-state index in [9.17, 15) is 5.11 Å². The Labute approximate surface area is 116 Å². The number of phenols is 1. The first-order valence-electron chi connectivity index (χ1n) is 6.55. The van der Waals surface area contributed by atoms with E-state index < -0.39 is 0 Å². The van der Waals surface area contributed by atoms with E-state index in [1.54, 1.807) is 19.2 Å². The summed E-state index contributed by atoms with van der Waals surface area (Å²) in [5, 5.41) is 13.1. The van der Waals surface area contributed by atoms with Gasteiger partial charge < -0.3 is 20.1 Å². The molecule has 0 heterocycles. The van der Waals surface area contributed by atoms with E-state index in [0.29, 0.717) is 5.75 Å². The molecule has 0 amide bonds. The van der Waals surface area contributed by atoms with Gasteiger partial charge in [-0.2, -0.15) is 0 Å². The number of hydrogen-bond acceptors (Lipinski definition) is 4. The first-order chi connectivity index (χ1) is 8.84. The zero-order valence-corrected chi connectivity index (χ0v) is 12.7. The Morgan fingerprint density at radius 2 is 2.00 bits per heavy atom. The summed E-state index contributed by atoms with van der Waals surface area (Å²) in [6.45, 7) is 7.19. The van der Waals surface area contributed by atoms with Crippen LogP contribution >= 0.6 is 0 Å². The Hall–Kier alpha value is -1.26. The predicted molar refractivity (Wildman–Crippen MR) is 78.7 cm³/mol. The molecule has 0 saturated heterocycles. The lowest BCUT2D eigenvalue weighted by molar-refractivity contribution is 0.232. The molecule has 0 atom stereocenters. The maximum absolute atomic E-state index is 9.71. The van der Waals surface area contributed by atoms with Crippen LogP contribution in [0.5, 0.6) is 11.5 Å². The summed E-state index contributed by atoms with van der Waals surface area (Å²) in [5.41, 5.74) is 1.27. The molecule has 1 rings (SSSR count). The highest BCUT2D eigenvalue weighted by Crippen LogP contribution is 2.26. The summed E-state index contributed by atoms with van der Waals surface area (Å²) in [6, 6.07) is 5.49. The van der Waals surface area contributed by atoms with Crippen molar-refractivity contribution in [2.45, 2.75) is 20.4 Å². The van der Waals surface area contributed by atoms with E-state index in [-0.39, 0.29) is 11.2 Å². The molecule has 0 aliphatic heterocycles. The van der Waals surface area contributed by atoms with Gasteiger partial charge in [-0.3, -0.25) is 0 Å². The van der Waals surface area contributed by atoms with Crippen LogP contribution in [0.1, 0.15) is 19.4 Å². The molecule has 0 spiro atoms. The van der Waals surface area contributed by atoms with Crippen molar-refractivity contribution in [3.8, 4) is 11.5 Å². The van der Waals surface area contributed by atoms with Crippen molar-refractivity contribution >= 4 is 0 Å². The molecule has 0 aliphatic rings. The highest BCUT2D eigenvalue weighted by molar-refractivity contribution is 5.41. The van der Waals surface area contributed by atoms with Crippen molar-refractivity contribution in [1.29, 1.82) is 0 Å². The Kier molecular flexibility index (Phi) is 5.63. The van der Waals surface area contributed by atoms with Crippen molar-refractivity contribution < 1.29 is 9.84 Å². The zero-order chi connectivity index (χ0) is 14.5. The van der Waals surface area contributed by atoms with Gasteiger partial charge in [0.1, 0.15) is 0 Å². The number of rotatable bonds is 7. The molecule has 0 aromatic heterocycles. The van der Waals surface area contributed by atoms with Crippen LogP contribution in [0.3, 0.4) is 0 Å². The number of ether oxygens (including phenoxy) is 1. The van der Waals surface area contributed by atoms with Gasteiger partial charge in [0.15, 0.2) is 11.5 Å². The van der Waals surface area contributed by atoms with Crippen molar-refractivity contribution in [2.24, 2.45) is 5.41 Å². The smallest absolute Gasteiger partial charge is 0.160 e. The Morgan fingerprint density at radius 3 is 2.53 bits per heavy atom. The molecular formula is C15H26N2O2. The molecule has 0 saturated carbocycles. The Balaban J connectivity index is 2.47. The van der Waals surface area contributed by atoms with Gasteiger partial charge >= 0.3 is 0 Å². The van der Waals surface area contributed by atoms with Crippen LogP contribution in [0.4, 0.5) is 0 Å². The van der Waals surface area contributed by atoms with Crippen molar-refractivity contribution in [2.75, 3.05) is 34.3 Å². The van der Waals surface area contributed by atoms with Crippen molar-refractivity contribution in [1.82, 2.24) is 10.2 Å². The summed E-state index contributed by atoms with van der Waals surface area (Å²) in [5.74, 6) is 0.700. The normalized spacial score (nSPS) is 11.9. The number of nitrogens with zero attached hydrogens (tertiary/aromatic N) is 1. The summed E-state index contributed by atoms with van der Waals surface area (Å²) in [7, 11) is 5.73. The van der Waals surface area contributed by atoms with Gasteiger partial charge in [-0.15, -0.1) is 0 Å². The molecule has 0 fully saturated rings. The molecule has 1 aromatic rings. The lowest BCUT2D eigenvalue weighted by atomic mass is 9.93. The van der Waals surface area contributed by atoms with E-state index in [1.165, 1.54) is 0 Å². The first kappa shape index (κ1) is 15.8. The fourth-order valence-corrected chi connectivity index (χ4v) is 2.30. The number of aromatic hydroxyl groups is 1. The highest BCUT2D eigenvalue weighted by atomic mass is 16.5. The van der Waals surface area contributed by atoms with Crippen LogP contribution in [0, 0.1) is 5.41 Å². The molecule has 2 N–H and O–H groups in total. The van der Waals surface area contributed by atoms with Gasteiger partial charge in [0.05, 0.1) is 7.11 Å². The largest absolute Gasteiger partial charge is 0.504 e. The van der Waals surface area contributed by atoms with Crippen LogP contribution < -0.4 is 10.1 Å². The standard InChI is InChI=1S/C15H26N2O2/c1-15(2,11-17(3)4)10-16-9-12-6-7-14(19-5)13(18)8-12/h6-8,16,18H,9-11H2,1-5H3. The second-order valence-electron chi connectivity index (χ2n) is 6.01. The maximum Gasteiger partial charge on any atom is 0.160 e. The average molecular weight is 266 g/mol. The van der Waals surface area contributed by atoms with E-state index in [1.807, 2.05) is 6.07 Å². The molecule has 0 unspecified atom stereocenters. The molecule has 0 bridgehead atoms. The topological polar surface area (TPSA) is 44.7 Å². The summed E-state index contributed by atoms with van der Waals surface area (Å²) >= 11 is 0. The summed E-state index contributed by atoms with van der Waals surface area (Å²) < 4.78 is 5.03. The van der Waals surface area contributed by atoms with Crippen LogP contribution in [0.25, 0.3) is 0 Å². The third kappa shape index (κ3) is 5.49. The summed E-state index contributed by atoms with van der Waals surface area (Å²) in [6.07, 6.45) is 0.